The molecule has 0 bridgehead atoms. The Bertz CT molecular complexity index is 258. The minimum atomic E-state index is 0.632. The molecule has 0 aromatic carbocycles. The van der Waals surface area contributed by atoms with E-state index in [-0.39, 0.29) is 0 Å². The van der Waals surface area contributed by atoms with Crippen molar-refractivity contribution in [2.24, 2.45) is 11.8 Å². The van der Waals surface area contributed by atoms with E-state index in [2.05, 4.69) is 29.0 Å². The molecular weight excluding hydrogens is 174 g/mol. The summed E-state index contributed by atoms with van der Waals surface area (Å²) in [5, 5.41) is 7.95. The number of nitrogens with one attached hydrogen (secondary N) is 1. The van der Waals surface area contributed by atoms with E-state index in [0.717, 1.165) is 17.7 Å². The SMILES string of the molecule is CC(C)[C@H]1CC[C@@H](c2nnc[nH]2)CC1. The lowest BCUT2D eigenvalue weighted by Crippen LogP contribution is -2.18. The van der Waals surface area contributed by atoms with Crippen molar-refractivity contribution in [2.45, 2.75) is 45.4 Å². The zero-order valence-electron chi connectivity index (χ0n) is 9.03. The van der Waals surface area contributed by atoms with E-state index in [9.17, 15) is 0 Å². The third kappa shape index (κ3) is 1.97. The Labute approximate surface area is 85.3 Å². The fourth-order valence-corrected chi connectivity index (χ4v) is 2.47. The molecular formula is C11H19N3. The molecule has 0 radical (unpaired) electrons. The van der Waals surface area contributed by atoms with Gasteiger partial charge in [-0.2, -0.15) is 0 Å². The van der Waals surface area contributed by atoms with E-state index in [1.807, 2.05) is 0 Å². The molecule has 0 aliphatic heterocycles. The highest BCUT2D eigenvalue weighted by Crippen LogP contribution is 2.37. The second kappa shape index (κ2) is 4.11. The number of hydrogen-bond donors (Lipinski definition) is 1. The fraction of sp³-hybridized carbons (Fsp3) is 0.818. The van der Waals surface area contributed by atoms with Gasteiger partial charge in [0.2, 0.25) is 0 Å². The van der Waals surface area contributed by atoms with Crippen molar-refractivity contribution in [3.8, 4) is 0 Å². The normalized spacial score (nSPS) is 28.2. The molecule has 1 aliphatic carbocycles. The van der Waals surface area contributed by atoms with Gasteiger partial charge in [0.15, 0.2) is 0 Å². The molecule has 0 saturated heterocycles. The molecule has 1 saturated carbocycles. The molecule has 14 heavy (non-hydrogen) atoms. The number of rotatable bonds is 2. The maximum atomic E-state index is 4.10. The molecule has 1 aromatic heterocycles. The Morgan fingerprint density at radius 1 is 1.29 bits per heavy atom. The molecule has 78 valence electrons. The van der Waals surface area contributed by atoms with Gasteiger partial charge in [-0.15, -0.1) is 10.2 Å². The van der Waals surface area contributed by atoms with Gasteiger partial charge >= 0.3 is 0 Å². The van der Waals surface area contributed by atoms with E-state index in [1.54, 1.807) is 6.33 Å². The highest BCUT2D eigenvalue weighted by molar-refractivity contribution is 4.95. The Kier molecular flexibility index (Phi) is 2.85. The van der Waals surface area contributed by atoms with Crippen molar-refractivity contribution in [3.05, 3.63) is 12.2 Å². The van der Waals surface area contributed by atoms with Gasteiger partial charge in [-0.3, -0.25) is 0 Å². The van der Waals surface area contributed by atoms with Gasteiger partial charge in [0.25, 0.3) is 0 Å². The first kappa shape index (κ1) is 9.69. The van der Waals surface area contributed by atoms with Gasteiger partial charge in [0.1, 0.15) is 12.2 Å². The van der Waals surface area contributed by atoms with Gasteiger partial charge in [-0.1, -0.05) is 13.8 Å². The molecule has 0 spiro atoms. The van der Waals surface area contributed by atoms with Crippen LogP contribution in [0.4, 0.5) is 0 Å². The smallest absolute Gasteiger partial charge is 0.133 e. The summed E-state index contributed by atoms with van der Waals surface area (Å²) in [7, 11) is 0. The van der Waals surface area contributed by atoms with Crippen LogP contribution in [0.1, 0.15) is 51.3 Å². The van der Waals surface area contributed by atoms with E-state index in [4.69, 9.17) is 0 Å². The summed E-state index contributed by atoms with van der Waals surface area (Å²) in [6.07, 6.45) is 6.94. The Balaban J connectivity index is 1.90. The van der Waals surface area contributed by atoms with E-state index in [0.29, 0.717) is 5.92 Å². The van der Waals surface area contributed by atoms with Crippen LogP contribution in [0.3, 0.4) is 0 Å². The summed E-state index contributed by atoms with van der Waals surface area (Å²) >= 11 is 0. The first-order chi connectivity index (χ1) is 6.77. The van der Waals surface area contributed by atoms with E-state index < -0.39 is 0 Å². The summed E-state index contributed by atoms with van der Waals surface area (Å²) in [6.45, 7) is 4.67. The number of aromatic amines is 1. The zero-order chi connectivity index (χ0) is 9.97. The van der Waals surface area contributed by atoms with Crippen molar-refractivity contribution in [3.63, 3.8) is 0 Å². The third-order valence-corrected chi connectivity index (χ3v) is 3.54. The number of nitrogens with zero attached hydrogens (tertiary/aromatic N) is 2. The van der Waals surface area contributed by atoms with E-state index in [1.165, 1.54) is 25.7 Å². The topological polar surface area (TPSA) is 41.6 Å². The predicted molar refractivity (Wildman–Crippen MR) is 55.9 cm³/mol. The minimum absolute atomic E-state index is 0.632. The highest BCUT2D eigenvalue weighted by Gasteiger charge is 2.25. The monoisotopic (exact) mass is 193 g/mol. The van der Waals surface area contributed by atoms with Crippen LogP contribution in [0.25, 0.3) is 0 Å². The zero-order valence-corrected chi connectivity index (χ0v) is 9.03. The predicted octanol–water partition coefficient (Wildman–Crippen LogP) is 2.73. The first-order valence-corrected chi connectivity index (χ1v) is 5.63. The van der Waals surface area contributed by atoms with Crippen molar-refractivity contribution < 1.29 is 0 Å². The molecule has 0 amide bonds. The second-order valence-electron chi connectivity index (χ2n) is 4.73. The molecule has 1 fully saturated rings. The highest BCUT2D eigenvalue weighted by atomic mass is 15.2. The summed E-state index contributed by atoms with van der Waals surface area (Å²) < 4.78 is 0. The lowest BCUT2D eigenvalue weighted by Gasteiger charge is -2.29. The summed E-state index contributed by atoms with van der Waals surface area (Å²) in [4.78, 5) is 3.13. The van der Waals surface area contributed by atoms with Crippen LogP contribution in [0.5, 0.6) is 0 Å². The van der Waals surface area contributed by atoms with Crippen LogP contribution in [0.15, 0.2) is 6.33 Å². The molecule has 3 nitrogen and oxygen atoms in total. The average molecular weight is 193 g/mol. The number of hydrogen-bond acceptors (Lipinski definition) is 2. The van der Waals surface area contributed by atoms with Gasteiger partial charge in [0, 0.05) is 5.92 Å². The van der Waals surface area contributed by atoms with Crippen LogP contribution < -0.4 is 0 Å². The quantitative estimate of drug-likeness (QED) is 0.784. The van der Waals surface area contributed by atoms with Crippen LogP contribution in [0, 0.1) is 11.8 Å². The summed E-state index contributed by atoms with van der Waals surface area (Å²) in [5.41, 5.74) is 0. The lowest BCUT2D eigenvalue weighted by atomic mass is 9.77. The lowest BCUT2D eigenvalue weighted by molar-refractivity contribution is 0.255. The van der Waals surface area contributed by atoms with Gasteiger partial charge in [-0.05, 0) is 37.5 Å². The van der Waals surface area contributed by atoms with Crippen LogP contribution >= 0.6 is 0 Å². The van der Waals surface area contributed by atoms with Gasteiger partial charge < -0.3 is 4.98 Å². The Hall–Kier alpha value is -0.860. The van der Waals surface area contributed by atoms with Gasteiger partial charge in [-0.25, -0.2) is 0 Å². The Morgan fingerprint density at radius 2 is 2.00 bits per heavy atom. The molecule has 1 N–H and O–H groups in total. The molecule has 0 atom stereocenters. The Morgan fingerprint density at radius 3 is 2.50 bits per heavy atom. The maximum Gasteiger partial charge on any atom is 0.133 e. The third-order valence-electron chi connectivity index (χ3n) is 3.54. The molecule has 1 heterocycles. The van der Waals surface area contributed by atoms with Crippen LogP contribution in [-0.2, 0) is 0 Å². The number of H-pyrrole nitrogens is 1. The minimum Gasteiger partial charge on any atom is -0.331 e. The summed E-state index contributed by atoms with van der Waals surface area (Å²) in [5.74, 6) is 3.49. The van der Waals surface area contributed by atoms with Crippen molar-refractivity contribution in [2.75, 3.05) is 0 Å². The fourth-order valence-electron chi connectivity index (χ4n) is 2.47. The van der Waals surface area contributed by atoms with Crippen molar-refractivity contribution >= 4 is 0 Å². The van der Waals surface area contributed by atoms with Crippen molar-refractivity contribution in [1.82, 2.24) is 15.2 Å². The molecule has 2 rings (SSSR count). The average Bonchev–Trinajstić information content (AvgIpc) is 2.71. The van der Waals surface area contributed by atoms with Crippen molar-refractivity contribution in [1.29, 1.82) is 0 Å². The van der Waals surface area contributed by atoms with E-state index >= 15 is 0 Å². The molecule has 0 unspecified atom stereocenters. The van der Waals surface area contributed by atoms with Gasteiger partial charge in [0.05, 0.1) is 0 Å². The molecule has 1 aromatic rings. The summed E-state index contributed by atoms with van der Waals surface area (Å²) in [6, 6.07) is 0. The molecule has 1 aliphatic rings. The number of aromatic nitrogens is 3. The largest absolute Gasteiger partial charge is 0.331 e. The van der Waals surface area contributed by atoms with Crippen LogP contribution in [-0.4, -0.2) is 15.2 Å². The van der Waals surface area contributed by atoms with Crippen LogP contribution in [0.2, 0.25) is 0 Å². The maximum absolute atomic E-state index is 4.10. The standard InChI is InChI=1S/C11H19N3/c1-8(2)9-3-5-10(6-4-9)11-12-7-13-14-11/h7-10H,3-6H2,1-2H3,(H,12,13,14)/t9-,10+. The first-order valence-electron chi connectivity index (χ1n) is 5.63. The second-order valence-corrected chi connectivity index (χ2v) is 4.73. The molecule has 3 heteroatoms.